The van der Waals surface area contributed by atoms with Gasteiger partial charge in [0.2, 0.25) is 11.9 Å². The molecule has 1 saturated carbocycles. The molecule has 1 aromatic carbocycles. The molecule has 0 aliphatic heterocycles. The third-order valence-electron chi connectivity index (χ3n) is 3.37. The molecule has 3 rings (SSSR count). The summed E-state index contributed by atoms with van der Waals surface area (Å²) in [5.41, 5.74) is 6.96. The summed E-state index contributed by atoms with van der Waals surface area (Å²) < 4.78 is 14.8. The first-order valence-electron chi connectivity index (χ1n) is 6.29. The van der Waals surface area contributed by atoms with Gasteiger partial charge in [-0.3, -0.25) is 9.36 Å². The number of anilines is 1. The zero-order valence-electron chi connectivity index (χ0n) is 10.6. The normalized spacial score (nSPS) is 16.5. The van der Waals surface area contributed by atoms with Gasteiger partial charge >= 0.3 is 0 Å². The molecule has 6 heteroatoms. The second-order valence-corrected chi connectivity index (χ2v) is 4.93. The SMILES string of the molecule is CC(C(=O)NC1CC1)n1c(N)nc2cc(F)ccc21. The fourth-order valence-electron chi connectivity index (χ4n) is 2.16. The van der Waals surface area contributed by atoms with Crippen LogP contribution in [0.15, 0.2) is 18.2 Å². The number of halogens is 1. The van der Waals surface area contributed by atoms with Crippen molar-refractivity contribution in [1.82, 2.24) is 14.9 Å². The Labute approximate surface area is 109 Å². The maximum Gasteiger partial charge on any atom is 0.243 e. The van der Waals surface area contributed by atoms with Crippen LogP contribution in [0.2, 0.25) is 0 Å². The van der Waals surface area contributed by atoms with Crippen LogP contribution >= 0.6 is 0 Å². The number of rotatable bonds is 3. The minimum absolute atomic E-state index is 0.0853. The smallest absolute Gasteiger partial charge is 0.243 e. The summed E-state index contributed by atoms with van der Waals surface area (Å²) >= 11 is 0. The second kappa shape index (κ2) is 4.22. The highest BCUT2D eigenvalue weighted by atomic mass is 19.1. The van der Waals surface area contributed by atoms with E-state index in [0.717, 1.165) is 12.8 Å². The molecule has 1 aliphatic carbocycles. The first kappa shape index (κ1) is 12.0. The summed E-state index contributed by atoms with van der Waals surface area (Å²) in [4.78, 5) is 16.2. The van der Waals surface area contributed by atoms with E-state index in [-0.39, 0.29) is 17.7 Å². The van der Waals surface area contributed by atoms with Crippen molar-refractivity contribution >= 4 is 22.9 Å². The zero-order valence-corrected chi connectivity index (χ0v) is 10.6. The molecule has 0 spiro atoms. The van der Waals surface area contributed by atoms with E-state index in [1.165, 1.54) is 12.1 Å². The molecule has 1 aromatic heterocycles. The van der Waals surface area contributed by atoms with Crippen LogP contribution in [0.5, 0.6) is 0 Å². The first-order valence-corrected chi connectivity index (χ1v) is 6.29. The highest BCUT2D eigenvalue weighted by Crippen LogP contribution is 2.25. The van der Waals surface area contributed by atoms with Crippen LogP contribution in [0.4, 0.5) is 10.3 Å². The molecule has 1 unspecified atom stereocenters. The lowest BCUT2D eigenvalue weighted by molar-refractivity contribution is -0.123. The van der Waals surface area contributed by atoms with Crippen LogP contribution in [0.3, 0.4) is 0 Å². The quantitative estimate of drug-likeness (QED) is 0.882. The minimum atomic E-state index is -0.462. The van der Waals surface area contributed by atoms with Crippen LogP contribution in [0, 0.1) is 5.82 Å². The molecule has 1 heterocycles. The van der Waals surface area contributed by atoms with Gasteiger partial charge in [-0.05, 0) is 31.9 Å². The number of carbonyl (C=O) groups is 1. The van der Waals surface area contributed by atoms with Gasteiger partial charge in [0.1, 0.15) is 11.9 Å². The summed E-state index contributed by atoms with van der Waals surface area (Å²) in [6.45, 7) is 1.76. The largest absolute Gasteiger partial charge is 0.369 e. The summed E-state index contributed by atoms with van der Waals surface area (Å²) in [6, 6.07) is 4.08. The lowest BCUT2D eigenvalue weighted by Gasteiger charge is -2.15. The molecule has 2 aromatic rings. The van der Waals surface area contributed by atoms with E-state index in [1.807, 2.05) is 0 Å². The fourth-order valence-corrected chi connectivity index (χ4v) is 2.16. The molecule has 1 amide bonds. The number of carbonyl (C=O) groups excluding carboxylic acids is 1. The maximum atomic E-state index is 13.1. The van der Waals surface area contributed by atoms with Crippen molar-refractivity contribution in [2.24, 2.45) is 0 Å². The lowest BCUT2D eigenvalue weighted by Crippen LogP contribution is -2.32. The van der Waals surface area contributed by atoms with Gasteiger partial charge in [-0.25, -0.2) is 9.37 Å². The van der Waals surface area contributed by atoms with E-state index in [0.29, 0.717) is 17.1 Å². The van der Waals surface area contributed by atoms with Crippen LogP contribution < -0.4 is 11.1 Å². The third-order valence-corrected chi connectivity index (χ3v) is 3.37. The predicted octanol–water partition coefficient (Wildman–Crippen LogP) is 1.60. The second-order valence-electron chi connectivity index (χ2n) is 4.93. The fraction of sp³-hybridized carbons (Fsp3) is 0.385. The van der Waals surface area contributed by atoms with Gasteiger partial charge in [-0.2, -0.15) is 0 Å². The van der Waals surface area contributed by atoms with Gasteiger partial charge in [0.05, 0.1) is 11.0 Å². The van der Waals surface area contributed by atoms with Crippen LogP contribution in [-0.2, 0) is 4.79 Å². The number of hydrogen-bond acceptors (Lipinski definition) is 3. The van der Waals surface area contributed by atoms with Gasteiger partial charge in [-0.15, -0.1) is 0 Å². The van der Waals surface area contributed by atoms with Crippen molar-refractivity contribution < 1.29 is 9.18 Å². The number of nitrogens with zero attached hydrogens (tertiary/aromatic N) is 2. The molecule has 0 radical (unpaired) electrons. The van der Waals surface area contributed by atoms with Crippen molar-refractivity contribution in [3.63, 3.8) is 0 Å². The molecule has 100 valence electrons. The first-order chi connectivity index (χ1) is 9.06. The van der Waals surface area contributed by atoms with E-state index in [1.54, 1.807) is 17.6 Å². The average Bonchev–Trinajstić information content (AvgIpc) is 3.10. The Hall–Kier alpha value is -2.11. The number of nitrogens with one attached hydrogen (secondary N) is 1. The average molecular weight is 262 g/mol. The van der Waals surface area contributed by atoms with Gasteiger partial charge in [0.25, 0.3) is 0 Å². The van der Waals surface area contributed by atoms with Gasteiger partial charge < -0.3 is 11.1 Å². The van der Waals surface area contributed by atoms with Gasteiger partial charge in [0.15, 0.2) is 0 Å². The van der Waals surface area contributed by atoms with Crippen molar-refractivity contribution in [2.45, 2.75) is 31.8 Å². The third kappa shape index (κ3) is 2.14. The molecule has 1 fully saturated rings. The number of benzene rings is 1. The standard InChI is InChI=1S/C13H15FN4O/c1-7(12(19)16-9-3-4-9)18-11-5-2-8(14)6-10(11)17-13(18)15/h2,5-7,9H,3-4H2,1H3,(H2,15,17)(H,16,19). The molecule has 1 atom stereocenters. The van der Waals surface area contributed by atoms with E-state index >= 15 is 0 Å². The molecule has 3 N–H and O–H groups in total. The Morgan fingerprint density at radius 1 is 1.58 bits per heavy atom. The van der Waals surface area contributed by atoms with Crippen molar-refractivity contribution in [1.29, 1.82) is 0 Å². The van der Waals surface area contributed by atoms with E-state index in [4.69, 9.17) is 5.73 Å². The van der Waals surface area contributed by atoms with Gasteiger partial charge in [-0.1, -0.05) is 0 Å². The molecule has 1 aliphatic rings. The molecular weight excluding hydrogens is 247 g/mol. The molecular formula is C13H15FN4O. The topological polar surface area (TPSA) is 72.9 Å². The number of imidazole rings is 1. The maximum absolute atomic E-state index is 13.1. The lowest BCUT2D eigenvalue weighted by atomic mass is 10.2. The van der Waals surface area contributed by atoms with Gasteiger partial charge in [0, 0.05) is 12.1 Å². The van der Waals surface area contributed by atoms with Crippen LogP contribution in [0.1, 0.15) is 25.8 Å². The Balaban J connectivity index is 1.98. The Morgan fingerprint density at radius 2 is 2.32 bits per heavy atom. The number of nitrogen functional groups attached to an aromatic ring is 1. The predicted molar refractivity (Wildman–Crippen MR) is 70.0 cm³/mol. The van der Waals surface area contributed by atoms with E-state index in [2.05, 4.69) is 10.3 Å². The monoisotopic (exact) mass is 262 g/mol. The summed E-state index contributed by atoms with van der Waals surface area (Å²) in [6.07, 6.45) is 2.06. The highest BCUT2D eigenvalue weighted by Gasteiger charge is 2.27. The molecule has 19 heavy (non-hydrogen) atoms. The highest BCUT2D eigenvalue weighted by molar-refractivity contribution is 5.85. The zero-order chi connectivity index (χ0) is 13.6. The van der Waals surface area contributed by atoms with E-state index < -0.39 is 6.04 Å². The Bertz CT molecular complexity index is 647. The van der Waals surface area contributed by atoms with Crippen LogP contribution in [0.25, 0.3) is 11.0 Å². The van der Waals surface area contributed by atoms with Crippen molar-refractivity contribution in [3.8, 4) is 0 Å². The summed E-state index contributed by atoms with van der Waals surface area (Å²) in [5.74, 6) is -0.232. The number of nitrogens with two attached hydrogens (primary N) is 1. The molecule has 0 bridgehead atoms. The van der Waals surface area contributed by atoms with E-state index in [9.17, 15) is 9.18 Å². The van der Waals surface area contributed by atoms with Crippen molar-refractivity contribution in [2.75, 3.05) is 5.73 Å². The summed E-state index contributed by atoms with van der Waals surface area (Å²) in [5, 5.41) is 2.93. The van der Waals surface area contributed by atoms with Crippen molar-refractivity contribution in [3.05, 3.63) is 24.0 Å². The molecule has 5 nitrogen and oxygen atoms in total. The number of hydrogen-bond donors (Lipinski definition) is 2. The minimum Gasteiger partial charge on any atom is -0.369 e. The Morgan fingerprint density at radius 3 is 3.00 bits per heavy atom. The number of aromatic nitrogens is 2. The van der Waals surface area contributed by atoms with Crippen LogP contribution in [-0.4, -0.2) is 21.5 Å². The number of amides is 1. The number of fused-ring (bicyclic) bond motifs is 1. The summed E-state index contributed by atoms with van der Waals surface area (Å²) in [7, 11) is 0. The Kier molecular flexibility index (Phi) is 2.66. The molecule has 0 saturated heterocycles.